The highest BCUT2D eigenvalue weighted by molar-refractivity contribution is 7.14. The molecule has 2 aromatic heterocycles. The fourth-order valence-corrected chi connectivity index (χ4v) is 4.52. The number of thiophene rings is 2. The minimum absolute atomic E-state index is 0.723. The maximum Gasteiger partial charge on any atom is 0.0351 e. The van der Waals surface area contributed by atoms with Crippen molar-refractivity contribution in [3.8, 4) is 10.4 Å². The lowest BCUT2D eigenvalue weighted by atomic mass is 9.86. The van der Waals surface area contributed by atoms with Crippen LogP contribution >= 0.6 is 22.7 Å². The van der Waals surface area contributed by atoms with E-state index in [1.165, 1.54) is 41.0 Å². The van der Waals surface area contributed by atoms with Crippen molar-refractivity contribution in [3.63, 3.8) is 0 Å². The summed E-state index contributed by atoms with van der Waals surface area (Å²) < 4.78 is 0. The number of rotatable bonds is 4. The normalized spacial score (nSPS) is 23.6. The molecule has 0 aliphatic heterocycles. The Morgan fingerprint density at radius 1 is 1.26 bits per heavy atom. The van der Waals surface area contributed by atoms with E-state index in [0.717, 1.165) is 18.5 Å². The van der Waals surface area contributed by atoms with Crippen molar-refractivity contribution < 1.29 is 0 Å². The average Bonchev–Trinajstić information content (AvgIpc) is 3.09. The molecule has 102 valence electrons. The van der Waals surface area contributed by atoms with Gasteiger partial charge < -0.3 is 5.32 Å². The van der Waals surface area contributed by atoms with Gasteiger partial charge in [0.05, 0.1) is 0 Å². The van der Waals surface area contributed by atoms with Crippen LogP contribution in [-0.2, 0) is 6.54 Å². The fourth-order valence-electron chi connectivity index (χ4n) is 2.90. The molecule has 2 atom stereocenters. The molecule has 2 heterocycles. The van der Waals surface area contributed by atoms with E-state index in [1.54, 1.807) is 0 Å². The van der Waals surface area contributed by atoms with Crippen molar-refractivity contribution in [1.82, 2.24) is 5.32 Å². The molecule has 3 rings (SSSR count). The van der Waals surface area contributed by atoms with E-state index in [4.69, 9.17) is 0 Å². The van der Waals surface area contributed by atoms with E-state index in [0.29, 0.717) is 0 Å². The van der Waals surface area contributed by atoms with E-state index >= 15 is 0 Å². The second-order valence-corrected chi connectivity index (χ2v) is 7.47. The van der Waals surface area contributed by atoms with Gasteiger partial charge in [-0.3, -0.25) is 0 Å². The molecule has 0 saturated heterocycles. The largest absolute Gasteiger partial charge is 0.309 e. The zero-order chi connectivity index (χ0) is 13.1. The van der Waals surface area contributed by atoms with Crippen LogP contribution in [0.4, 0.5) is 0 Å². The molecule has 0 radical (unpaired) electrons. The minimum Gasteiger partial charge on any atom is -0.309 e. The summed E-state index contributed by atoms with van der Waals surface area (Å²) in [6, 6.07) is 7.39. The predicted molar refractivity (Wildman–Crippen MR) is 85.9 cm³/mol. The number of hydrogen-bond donors (Lipinski definition) is 1. The highest BCUT2D eigenvalue weighted by atomic mass is 32.1. The lowest BCUT2D eigenvalue weighted by Crippen LogP contribution is -2.36. The summed E-state index contributed by atoms with van der Waals surface area (Å²) in [6.07, 6.45) is 5.56. The number of nitrogens with one attached hydrogen (secondary N) is 1. The zero-order valence-electron chi connectivity index (χ0n) is 11.4. The van der Waals surface area contributed by atoms with E-state index in [2.05, 4.69) is 41.2 Å². The molecule has 1 aliphatic carbocycles. The summed E-state index contributed by atoms with van der Waals surface area (Å²) in [5.74, 6) is 0.838. The van der Waals surface area contributed by atoms with Gasteiger partial charge >= 0.3 is 0 Å². The smallest absolute Gasteiger partial charge is 0.0351 e. The van der Waals surface area contributed by atoms with Crippen LogP contribution in [0.2, 0.25) is 0 Å². The Hall–Kier alpha value is -0.640. The Labute approximate surface area is 123 Å². The lowest BCUT2D eigenvalue weighted by Gasteiger charge is -2.29. The topological polar surface area (TPSA) is 12.0 Å². The lowest BCUT2D eigenvalue weighted by molar-refractivity contribution is 0.280. The molecule has 19 heavy (non-hydrogen) atoms. The van der Waals surface area contributed by atoms with E-state index in [-0.39, 0.29) is 0 Å². The molecule has 1 aliphatic rings. The molecular weight excluding hydrogens is 270 g/mol. The molecule has 0 spiro atoms. The Bertz CT molecular complexity index is 501. The highest BCUT2D eigenvalue weighted by Gasteiger charge is 2.20. The highest BCUT2D eigenvalue weighted by Crippen LogP contribution is 2.30. The molecule has 0 aromatic carbocycles. The van der Waals surface area contributed by atoms with Gasteiger partial charge in [-0.2, -0.15) is 0 Å². The summed E-state index contributed by atoms with van der Waals surface area (Å²) in [6.45, 7) is 3.42. The first-order valence-electron chi connectivity index (χ1n) is 7.17. The molecule has 2 unspecified atom stereocenters. The van der Waals surface area contributed by atoms with Gasteiger partial charge in [-0.15, -0.1) is 22.7 Å². The van der Waals surface area contributed by atoms with Crippen LogP contribution in [0.5, 0.6) is 0 Å². The van der Waals surface area contributed by atoms with Crippen LogP contribution in [0.15, 0.2) is 29.0 Å². The van der Waals surface area contributed by atoms with Gasteiger partial charge in [-0.05, 0) is 41.7 Å². The van der Waals surface area contributed by atoms with E-state index in [9.17, 15) is 0 Å². The van der Waals surface area contributed by atoms with E-state index < -0.39 is 0 Å². The SMILES string of the molecule is CC1CCCCC1NCc1cc(-c2cccs2)cs1. The van der Waals surface area contributed by atoms with Crippen molar-refractivity contribution in [2.75, 3.05) is 0 Å². The first-order valence-corrected chi connectivity index (χ1v) is 8.93. The van der Waals surface area contributed by atoms with E-state index in [1.807, 2.05) is 22.7 Å². The van der Waals surface area contributed by atoms with Gasteiger partial charge in [-0.1, -0.05) is 25.8 Å². The summed E-state index contributed by atoms with van der Waals surface area (Å²) in [5, 5.41) is 8.19. The van der Waals surface area contributed by atoms with Gasteiger partial charge in [0.1, 0.15) is 0 Å². The van der Waals surface area contributed by atoms with Crippen molar-refractivity contribution in [2.45, 2.75) is 45.2 Å². The summed E-state index contributed by atoms with van der Waals surface area (Å²) >= 11 is 3.70. The third-order valence-electron chi connectivity index (χ3n) is 4.11. The van der Waals surface area contributed by atoms with Crippen LogP contribution in [-0.4, -0.2) is 6.04 Å². The molecule has 2 aromatic rings. The van der Waals surface area contributed by atoms with Crippen molar-refractivity contribution in [2.24, 2.45) is 5.92 Å². The first-order chi connectivity index (χ1) is 9.33. The Morgan fingerprint density at radius 3 is 2.95 bits per heavy atom. The monoisotopic (exact) mass is 291 g/mol. The average molecular weight is 291 g/mol. The van der Waals surface area contributed by atoms with Crippen LogP contribution in [0.3, 0.4) is 0 Å². The van der Waals surface area contributed by atoms with Crippen LogP contribution in [0, 0.1) is 5.92 Å². The second-order valence-electron chi connectivity index (χ2n) is 5.53. The standard InChI is InChI=1S/C16H21NS2/c1-12-5-2-3-6-15(12)17-10-14-9-13(11-19-14)16-7-4-8-18-16/h4,7-9,11-12,15,17H,2-3,5-6,10H2,1H3. The third kappa shape index (κ3) is 3.28. The van der Waals surface area contributed by atoms with Crippen LogP contribution in [0.25, 0.3) is 10.4 Å². The van der Waals surface area contributed by atoms with Crippen molar-refractivity contribution in [1.29, 1.82) is 0 Å². The van der Waals surface area contributed by atoms with Gasteiger partial charge in [0, 0.05) is 27.9 Å². The molecule has 1 nitrogen and oxygen atoms in total. The second kappa shape index (κ2) is 6.21. The van der Waals surface area contributed by atoms with Gasteiger partial charge in [0.2, 0.25) is 0 Å². The van der Waals surface area contributed by atoms with Crippen LogP contribution in [0.1, 0.15) is 37.5 Å². The molecule has 1 saturated carbocycles. The van der Waals surface area contributed by atoms with Gasteiger partial charge in [0.15, 0.2) is 0 Å². The quantitative estimate of drug-likeness (QED) is 0.822. The fraction of sp³-hybridized carbons (Fsp3) is 0.500. The molecule has 1 N–H and O–H groups in total. The predicted octanol–water partition coefficient (Wildman–Crippen LogP) is 5.14. The molecule has 1 fully saturated rings. The summed E-state index contributed by atoms with van der Waals surface area (Å²) in [5.41, 5.74) is 1.38. The summed E-state index contributed by atoms with van der Waals surface area (Å²) in [7, 11) is 0. The molecule has 0 bridgehead atoms. The third-order valence-corrected chi connectivity index (χ3v) is 5.97. The molecular formula is C16H21NS2. The maximum absolute atomic E-state index is 3.76. The van der Waals surface area contributed by atoms with Crippen molar-refractivity contribution in [3.05, 3.63) is 33.8 Å². The Morgan fingerprint density at radius 2 is 2.16 bits per heavy atom. The maximum atomic E-state index is 3.76. The molecule has 0 amide bonds. The van der Waals surface area contributed by atoms with Crippen molar-refractivity contribution >= 4 is 22.7 Å². The number of hydrogen-bond acceptors (Lipinski definition) is 3. The minimum atomic E-state index is 0.723. The van der Waals surface area contributed by atoms with Gasteiger partial charge in [0.25, 0.3) is 0 Å². The van der Waals surface area contributed by atoms with Gasteiger partial charge in [-0.25, -0.2) is 0 Å². The molecule has 3 heteroatoms. The first kappa shape index (κ1) is 13.3. The Kier molecular flexibility index (Phi) is 4.36. The summed E-state index contributed by atoms with van der Waals surface area (Å²) in [4.78, 5) is 2.84. The van der Waals surface area contributed by atoms with Crippen LogP contribution < -0.4 is 5.32 Å². The zero-order valence-corrected chi connectivity index (χ0v) is 13.0. The Balaban J connectivity index is 1.58.